The fourth-order valence-electron chi connectivity index (χ4n) is 2.28. The average molecular weight is 283 g/mol. The van der Waals surface area contributed by atoms with Gasteiger partial charge in [0.2, 0.25) is 5.91 Å². The van der Waals surface area contributed by atoms with E-state index in [4.69, 9.17) is 22.4 Å². The van der Waals surface area contributed by atoms with Crippen LogP contribution < -0.4 is 11.1 Å². The third-order valence-electron chi connectivity index (χ3n) is 3.26. The molecule has 2 atom stereocenters. The quantitative estimate of drug-likeness (QED) is 0.791. The van der Waals surface area contributed by atoms with Crippen molar-refractivity contribution in [2.24, 2.45) is 11.7 Å². The topological polar surface area (TPSA) is 92.4 Å². The second-order valence-corrected chi connectivity index (χ2v) is 5.23. The number of hydrogen-bond acceptors (Lipinski definition) is 3. The molecule has 1 aliphatic rings. The van der Waals surface area contributed by atoms with Crippen LogP contribution in [0, 0.1) is 5.92 Å². The normalized spacial score (nSPS) is 22.2. The number of benzene rings is 1. The Bertz CT molecular complexity index is 519. The first kappa shape index (κ1) is 13.8. The number of halogens is 1. The number of rotatable bonds is 3. The molecule has 5 nitrogen and oxygen atoms in total. The third-order valence-corrected chi connectivity index (χ3v) is 3.47. The number of aromatic carboxylic acids is 1. The van der Waals surface area contributed by atoms with Gasteiger partial charge in [-0.2, -0.15) is 0 Å². The Morgan fingerprint density at radius 3 is 2.63 bits per heavy atom. The van der Waals surface area contributed by atoms with Gasteiger partial charge in [-0.05, 0) is 37.5 Å². The minimum atomic E-state index is -1.08. The molecule has 0 spiro atoms. The van der Waals surface area contributed by atoms with E-state index in [2.05, 4.69) is 5.32 Å². The number of carboxylic acid groups (broad SMARTS) is 1. The van der Waals surface area contributed by atoms with Crippen LogP contribution in [0.4, 0.5) is 5.69 Å². The van der Waals surface area contributed by atoms with Gasteiger partial charge >= 0.3 is 5.97 Å². The molecule has 1 aromatic rings. The fraction of sp³-hybridized carbons (Fsp3) is 0.385. The molecule has 6 heteroatoms. The number of carbonyl (C=O) groups excluding carboxylic acids is 1. The monoisotopic (exact) mass is 282 g/mol. The van der Waals surface area contributed by atoms with Crippen molar-refractivity contribution < 1.29 is 14.7 Å². The molecule has 0 heterocycles. The van der Waals surface area contributed by atoms with Crippen LogP contribution in [0.2, 0.25) is 5.02 Å². The SMILES string of the molecule is NC1CCC(C(=O)Nc2cc(Cl)cc(C(=O)O)c2)C1. The van der Waals surface area contributed by atoms with Gasteiger partial charge in [0.15, 0.2) is 0 Å². The summed E-state index contributed by atoms with van der Waals surface area (Å²) in [6.07, 6.45) is 2.27. The Morgan fingerprint density at radius 2 is 2.05 bits per heavy atom. The highest BCUT2D eigenvalue weighted by Crippen LogP contribution is 2.26. The van der Waals surface area contributed by atoms with Crippen molar-refractivity contribution in [1.82, 2.24) is 0 Å². The number of nitrogens with two attached hydrogens (primary N) is 1. The maximum Gasteiger partial charge on any atom is 0.335 e. The highest BCUT2D eigenvalue weighted by molar-refractivity contribution is 6.31. The van der Waals surface area contributed by atoms with E-state index in [0.29, 0.717) is 12.1 Å². The molecule has 1 amide bonds. The molecule has 19 heavy (non-hydrogen) atoms. The molecule has 4 N–H and O–H groups in total. The van der Waals surface area contributed by atoms with Gasteiger partial charge in [0.25, 0.3) is 0 Å². The molecular formula is C13H15ClN2O3. The Balaban J connectivity index is 2.10. The van der Waals surface area contributed by atoms with Crippen LogP contribution in [-0.4, -0.2) is 23.0 Å². The van der Waals surface area contributed by atoms with Crippen molar-refractivity contribution >= 4 is 29.2 Å². The summed E-state index contributed by atoms with van der Waals surface area (Å²) in [7, 11) is 0. The molecular weight excluding hydrogens is 268 g/mol. The number of hydrogen-bond donors (Lipinski definition) is 3. The Labute approximate surface area is 115 Å². The summed E-state index contributed by atoms with van der Waals surface area (Å²) >= 11 is 5.83. The van der Waals surface area contributed by atoms with Crippen LogP contribution in [0.5, 0.6) is 0 Å². The molecule has 1 saturated carbocycles. The molecule has 1 aliphatic carbocycles. The summed E-state index contributed by atoms with van der Waals surface area (Å²) in [5, 5.41) is 11.9. The largest absolute Gasteiger partial charge is 0.478 e. The zero-order valence-electron chi connectivity index (χ0n) is 10.2. The van der Waals surface area contributed by atoms with E-state index >= 15 is 0 Å². The lowest BCUT2D eigenvalue weighted by molar-refractivity contribution is -0.119. The van der Waals surface area contributed by atoms with Crippen LogP contribution in [0.3, 0.4) is 0 Å². The fourth-order valence-corrected chi connectivity index (χ4v) is 2.52. The van der Waals surface area contributed by atoms with Gasteiger partial charge in [-0.1, -0.05) is 11.6 Å². The van der Waals surface area contributed by atoms with Crippen LogP contribution in [0.1, 0.15) is 29.6 Å². The Hall–Kier alpha value is -1.59. The van der Waals surface area contributed by atoms with Crippen molar-refractivity contribution in [2.75, 3.05) is 5.32 Å². The summed E-state index contributed by atoms with van der Waals surface area (Å²) in [6, 6.07) is 4.33. The second kappa shape index (κ2) is 5.59. The van der Waals surface area contributed by atoms with Gasteiger partial charge in [0.05, 0.1) is 5.56 Å². The molecule has 2 rings (SSSR count). The smallest absolute Gasteiger partial charge is 0.335 e. The number of amides is 1. The number of carboxylic acids is 1. The van der Waals surface area contributed by atoms with Crippen LogP contribution in [-0.2, 0) is 4.79 Å². The molecule has 0 aromatic heterocycles. The zero-order valence-corrected chi connectivity index (χ0v) is 11.0. The lowest BCUT2D eigenvalue weighted by atomic mass is 10.1. The van der Waals surface area contributed by atoms with Gasteiger partial charge in [0.1, 0.15) is 0 Å². The molecule has 0 aliphatic heterocycles. The average Bonchev–Trinajstić information content (AvgIpc) is 2.75. The molecule has 1 aromatic carbocycles. The maximum absolute atomic E-state index is 12.0. The molecule has 0 saturated heterocycles. The van der Waals surface area contributed by atoms with E-state index in [0.717, 1.165) is 12.8 Å². The first-order valence-electron chi connectivity index (χ1n) is 6.06. The highest BCUT2D eigenvalue weighted by atomic mass is 35.5. The van der Waals surface area contributed by atoms with Gasteiger partial charge in [-0.15, -0.1) is 0 Å². The predicted molar refractivity (Wildman–Crippen MR) is 72.4 cm³/mol. The van der Waals surface area contributed by atoms with Crippen molar-refractivity contribution in [1.29, 1.82) is 0 Å². The lowest BCUT2D eigenvalue weighted by Gasteiger charge is -2.11. The van der Waals surface area contributed by atoms with Crippen LogP contribution in [0.25, 0.3) is 0 Å². The third kappa shape index (κ3) is 3.45. The lowest BCUT2D eigenvalue weighted by Crippen LogP contribution is -2.23. The second-order valence-electron chi connectivity index (χ2n) is 4.79. The van der Waals surface area contributed by atoms with E-state index in [1.807, 2.05) is 0 Å². The summed E-state index contributed by atoms with van der Waals surface area (Å²) in [6.45, 7) is 0. The van der Waals surface area contributed by atoms with E-state index in [9.17, 15) is 9.59 Å². The number of carbonyl (C=O) groups is 2. The summed E-state index contributed by atoms with van der Waals surface area (Å²) < 4.78 is 0. The number of anilines is 1. The summed E-state index contributed by atoms with van der Waals surface area (Å²) in [5.41, 5.74) is 6.21. The number of nitrogens with one attached hydrogen (secondary N) is 1. The van der Waals surface area contributed by atoms with Gasteiger partial charge in [-0.3, -0.25) is 4.79 Å². The molecule has 102 valence electrons. The highest BCUT2D eigenvalue weighted by Gasteiger charge is 2.27. The maximum atomic E-state index is 12.0. The Morgan fingerprint density at radius 1 is 1.32 bits per heavy atom. The summed E-state index contributed by atoms with van der Waals surface area (Å²) in [5.74, 6) is -1.32. The van der Waals surface area contributed by atoms with E-state index in [-0.39, 0.29) is 28.5 Å². The van der Waals surface area contributed by atoms with Crippen molar-refractivity contribution in [3.8, 4) is 0 Å². The molecule has 1 fully saturated rings. The van der Waals surface area contributed by atoms with Gasteiger partial charge in [0, 0.05) is 22.7 Å². The van der Waals surface area contributed by atoms with E-state index in [1.165, 1.54) is 18.2 Å². The van der Waals surface area contributed by atoms with Crippen molar-refractivity contribution in [3.63, 3.8) is 0 Å². The van der Waals surface area contributed by atoms with Crippen molar-refractivity contribution in [2.45, 2.75) is 25.3 Å². The standard InChI is InChI=1S/C13H15ClN2O3/c14-9-3-8(13(18)19)5-11(6-9)16-12(17)7-1-2-10(15)4-7/h3,5-7,10H,1-2,4,15H2,(H,16,17)(H,18,19). The molecule has 2 unspecified atom stereocenters. The zero-order chi connectivity index (χ0) is 14.0. The van der Waals surface area contributed by atoms with Crippen LogP contribution >= 0.6 is 11.6 Å². The molecule has 0 radical (unpaired) electrons. The van der Waals surface area contributed by atoms with Crippen LogP contribution in [0.15, 0.2) is 18.2 Å². The minimum absolute atomic E-state index is 0.0472. The first-order valence-corrected chi connectivity index (χ1v) is 6.44. The minimum Gasteiger partial charge on any atom is -0.478 e. The first-order chi connectivity index (χ1) is 8.95. The van der Waals surface area contributed by atoms with E-state index in [1.54, 1.807) is 0 Å². The Kier molecular flexibility index (Phi) is 4.07. The van der Waals surface area contributed by atoms with Gasteiger partial charge in [-0.25, -0.2) is 4.79 Å². The van der Waals surface area contributed by atoms with Crippen molar-refractivity contribution in [3.05, 3.63) is 28.8 Å². The summed E-state index contributed by atoms with van der Waals surface area (Å²) in [4.78, 5) is 22.9. The molecule has 0 bridgehead atoms. The van der Waals surface area contributed by atoms with Gasteiger partial charge < -0.3 is 16.2 Å². The predicted octanol–water partition coefficient (Wildman–Crippen LogP) is 2.10. The van der Waals surface area contributed by atoms with E-state index < -0.39 is 5.97 Å².